The number of halogens is 3. The van der Waals surface area contributed by atoms with Crippen molar-refractivity contribution in [2.24, 2.45) is 0 Å². The van der Waals surface area contributed by atoms with Crippen LogP contribution in [0.25, 0.3) is 0 Å². The first-order valence-corrected chi connectivity index (χ1v) is 6.81. The van der Waals surface area contributed by atoms with Gasteiger partial charge in [-0.25, -0.2) is 0 Å². The number of methoxy groups -OCH3 is 1. The Balaban J connectivity index is 3.03. The van der Waals surface area contributed by atoms with Gasteiger partial charge in [0.2, 0.25) is 0 Å². The summed E-state index contributed by atoms with van der Waals surface area (Å²) in [5.74, 6) is -0.0351. The van der Waals surface area contributed by atoms with Gasteiger partial charge in [-0.3, -0.25) is 0 Å². The van der Waals surface area contributed by atoms with Crippen LogP contribution in [-0.2, 0) is 6.18 Å². The minimum absolute atomic E-state index is 0.159. The van der Waals surface area contributed by atoms with Crippen LogP contribution in [0.5, 0.6) is 5.75 Å². The summed E-state index contributed by atoms with van der Waals surface area (Å²) in [6, 6.07) is 3.28. The van der Waals surface area contributed by atoms with Crippen LogP contribution < -0.4 is 4.74 Å². The molecule has 0 spiro atoms. The Bertz CT molecular complexity index is 460. The number of aliphatic hydroxyl groups excluding tert-OH is 2. The van der Waals surface area contributed by atoms with Gasteiger partial charge in [-0.2, -0.15) is 13.2 Å². The molecule has 3 unspecified atom stereocenters. The first-order chi connectivity index (χ1) is 9.70. The first-order valence-electron chi connectivity index (χ1n) is 6.81. The number of rotatable bonds is 6. The molecule has 1 aromatic carbocycles. The van der Waals surface area contributed by atoms with Crippen molar-refractivity contribution in [2.75, 3.05) is 7.11 Å². The Morgan fingerprint density at radius 1 is 1.19 bits per heavy atom. The predicted molar refractivity (Wildman–Crippen MR) is 73.3 cm³/mol. The summed E-state index contributed by atoms with van der Waals surface area (Å²) >= 11 is 0. The largest absolute Gasteiger partial charge is 0.496 e. The fourth-order valence-corrected chi connectivity index (χ4v) is 2.21. The molecule has 0 saturated carbocycles. The van der Waals surface area contributed by atoms with Gasteiger partial charge in [-0.05, 0) is 42.5 Å². The third-order valence-corrected chi connectivity index (χ3v) is 3.55. The van der Waals surface area contributed by atoms with Crippen LogP contribution in [0.15, 0.2) is 18.2 Å². The highest BCUT2D eigenvalue weighted by Gasteiger charge is 2.32. The van der Waals surface area contributed by atoms with E-state index in [1.165, 1.54) is 13.2 Å². The van der Waals surface area contributed by atoms with Gasteiger partial charge >= 0.3 is 6.18 Å². The van der Waals surface area contributed by atoms with Crippen LogP contribution in [0.4, 0.5) is 13.2 Å². The van der Waals surface area contributed by atoms with Crippen molar-refractivity contribution in [2.45, 2.75) is 51.0 Å². The average molecular weight is 306 g/mol. The molecular weight excluding hydrogens is 285 g/mol. The second-order valence-electron chi connectivity index (χ2n) is 5.13. The highest BCUT2D eigenvalue weighted by Crippen LogP contribution is 2.36. The van der Waals surface area contributed by atoms with Gasteiger partial charge in [0.1, 0.15) is 5.75 Å². The highest BCUT2D eigenvalue weighted by atomic mass is 19.4. The van der Waals surface area contributed by atoms with Gasteiger partial charge < -0.3 is 14.9 Å². The SMILES string of the molecule is CCC(O)C(O)CC(C)c1cc(C(F)(F)F)ccc1OC. The zero-order valence-electron chi connectivity index (χ0n) is 12.3. The lowest BCUT2D eigenvalue weighted by atomic mass is 9.90. The first kappa shape index (κ1) is 17.8. The standard InChI is InChI=1S/C15H21F3O3/c1-4-12(19)13(20)7-9(2)11-8-10(15(16,17)18)5-6-14(11)21-3/h5-6,8-9,12-13,19-20H,4,7H2,1-3H3. The van der Waals surface area contributed by atoms with E-state index >= 15 is 0 Å². The molecule has 3 atom stereocenters. The molecule has 0 amide bonds. The van der Waals surface area contributed by atoms with E-state index in [9.17, 15) is 23.4 Å². The van der Waals surface area contributed by atoms with Gasteiger partial charge in [0, 0.05) is 0 Å². The van der Waals surface area contributed by atoms with Crippen LogP contribution in [0, 0.1) is 0 Å². The third kappa shape index (κ3) is 4.61. The summed E-state index contributed by atoms with van der Waals surface area (Å²) in [6.07, 6.45) is -5.75. The lowest BCUT2D eigenvalue weighted by molar-refractivity contribution is -0.137. The van der Waals surface area contributed by atoms with Crippen LogP contribution >= 0.6 is 0 Å². The molecule has 0 radical (unpaired) electrons. The Hall–Kier alpha value is -1.27. The van der Waals surface area contributed by atoms with Gasteiger partial charge in [0.15, 0.2) is 0 Å². The lowest BCUT2D eigenvalue weighted by Crippen LogP contribution is -2.26. The number of aliphatic hydroxyl groups is 2. The normalized spacial score (nSPS) is 16.4. The number of ether oxygens (including phenoxy) is 1. The van der Waals surface area contributed by atoms with Crippen molar-refractivity contribution in [1.29, 1.82) is 0 Å². The zero-order valence-corrected chi connectivity index (χ0v) is 12.3. The van der Waals surface area contributed by atoms with Crippen LogP contribution in [0.3, 0.4) is 0 Å². The van der Waals surface area contributed by atoms with E-state index in [0.717, 1.165) is 12.1 Å². The molecule has 0 saturated heterocycles. The molecule has 0 aliphatic carbocycles. The topological polar surface area (TPSA) is 49.7 Å². The van der Waals surface area contributed by atoms with Crippen molar-refractivity contribution in [3.8, 4) is 5.75 Å². The van der Waals surface area contributed by atoms with E-state index in [1.807, 2.05) is 0 Å². The maximum absolute atomic E-state index is 12.8. The molecule has 0 fully saturated rings. The Labute approximate surface area is 122 Å². The minimum atomic E-state index is -4.43. The average Bonchev–Trinajstić information content (AvgIpc) is 2.44. The molecule has 1 rings (SSSR count). The van der Waals surface area contributed by atoms with Gasteiger partial charge in [0.25, 0.3) is 0 Å². The number of hydrogen-bond acceptors (Lipinski definition) is 3. The monoisotopic (exact) mass is 306 g/mol. The Morgan fingerprint density at radius 3 is 2.29 bits per heavy atom. The fraction of sp³-hybridized carbons (Fsp3) is 0.600. The second-order valence-corrected chi connectivity index (χ2v) is 5.13. The molecule has 6 heteroatoms. The van der Waals surface area contributed by atoms with Crippen LogP contribution in [0.1, 0.15) is 43.7 Å². The number of alkyl halides is 3. The molecule has 0 heterocycles. The van der Waals surface area contributed by atoms with E-state index in [-0.39, 0.29) is 12.3 Å². The van der Waals surface area contributed by atoms with Gasteiger partial charge in [0.05, 0.1) is 24.9 Å². The zero-order chi connectivity index (χ0) is 16.2. The molecule has 0 bridgehead atoms. The van der Waals surface area contributed by atoms with Gasteiger partial charge in [-0.15, -0.1) is 0 Å². The summed E-state index contributed by atoms with van der Waals surface area (Å²) in [6.45, 7) is 3.42. The molecule has 21 heavy (non-hydrogen) atoms. The van der Waals surface area contributed by atoms with Crippen molar-refractivity contribution < 1.29 is 28.1 Å². The number of benzene rings is 1. The van der Waals surface area contributed by atoms with Gasteiger partial charge in [-0.1, -0.05) is 13.8 Å². The quantitative estimate of drug-likeness (QED) is 0.847. The molecule has 120 valence electrons. The van der Waals surface area contributed by atoms with E-state index < -0.39 is 23.9 Å². The van der Waals surface area contributed by atoms with Crippen LogP contribution in [-0.4, -0.2) is 29.5 Å². The lowest BCUT2D eigenvalue weighted by Gasteiger charge is -2.22. The molecule has 2 N–H and O–H groups in total. The summed E-state index contributed by atoms with van der Waals surface area (Å²) in [5.41, 5.74) is -0.384. The smallest absolute Gasteiger partial charge is 0.416 e. The maximum Gasteiger partial charge on any atom is 0.416 e. The van der Waals surface area contributed by atoms with Crippen molar-refractivity contribution in [3.05, 3.63) is 29.3 Å². The third-order valence-electron chi connectivity index (χ3n) is 3.55. The van der Waals surface area contributed by atoms with E-state index in [2.05, 4.69) is 0 Å². The van der Waals surface area contributed by atoms with Crippen molar-refractivity contribution >= 4 is 0 Å². The highest BCUT2D eigenvalue weighted by molar-refractivity contribution is 5.40. The van der Waals surface area contributed by atoms with Crippen molar-refractivity contribution in [1.82, 2.24) is 0 Å². The maximum atomic E-state index is 12.8. The Morgan fingerprint density at radius 2 is 1.81 bits per heavy atom. The van der Waals surface area contributed by atoms with Crippen molar-refractivity contribution in [3.63, 3.8) is 0 Å². The minimum Gasteiger partial charge on any atom is -0.496 e. The summed E-state index contributed by atoms with van der Waals surface area (Å²) < 4.78 is 43.4. The predicted octanol–water partition coefficient (Wildman–Crippen LogP) is 3.34. The number of hydrogen-bond donors (Lipinski definition) is 2. The summed E-state index contributed by atoms with van der Waals surface area (Å²) in [4.78, 5) is 0. The fourth-order valence-electron chi connectivity index (χ4n) is 2.21. The Kier molecular flexibility index (Phi) is 6.04. The van der Waals surface area contributed by atoms with E-state index in [0.29, 0.717) is 17.7 Å². The molecule has 0 aliphatic heterocycles. The van der Waals surface area contributed by atoms with E-state index in [1.54, 1.807) is 13.8 Å². The molecule has 3 nitrogen and oxygen atoms in total. The summed E-state index contributed by atoms with van der Waals surface area (Å²) in [5, 5.41) is 19.4. The van der Waals surface area contributed by atoms with E-state index in [4.69, 9.17) is 4.74 Å². The molecule has 0 aromatic heterocycles. The summed E-state index contributed by atoms with van der Waals surface area (Å²) in [7, 11) is 1.39. The second kappa shape index (κ2) is 7.13. The van der Waals surface area contributed by atoms with Crippen LogP contribution in [0.2, 0.25) is 0 Å². The molecular formula is C15H21F3O3. The molecule has 1 aromatic rings. The molecule has 0 aliphatic rings.